The number of hydrogen-bond donors (Lipinski definition) is 2. The number of carbonyl (C=O) groups excluding carboxylic acids is 1. The molecule has 2 aromatic heterocycles. The lowest BCUT2D eigenvalue weighted by Crippen LogP contribution is -2.14. The summed E-state index contributed by atoms with van der Waals surface area (Å²) in [6.45, 7) is 0.214. The predicted molar refractivity (Wildman–Crippen MR) is 114 cm³/mol. The van der Waals surface area contributed by atoms with Crippen molar-refractivity contribution in [1.29, 1.82) is 0 Å². The van der Waals surface area contributed by atoms with Gasteiger partial charge in [-0.25, -0.2) is 4.68 Å². The van der Waals surface area contributed by atoms with Gasteiger partial charge < -0.3 is 20.1 Å². The van der Waals surface area contributed by atoms with E-state index in [9.17, 15) is 4.79 Å². The second-order valence-corrected chi connectivity index (χ2v) is 6.84. The van der Waals surface area contributed by atoms with E-state index in [4.69, 9.17) is 9.47 Å². The Morgan fingerprint density at radius 1 is 0.968 bits per heavy atom. The Labute approximate surface area is 177 Å². The third-order valence-corrected chi connectivity index (χ3v) is 4.63. The van der Waals surface area contributed by atoms with Gasteiger partial charge in [-0.2, -0.15) is 5.10 Å². The van der Waals surface area contributed by atoms with Crippen LogP contribution in [0.2, 0.25) is 0 Å². The second kappa shape index (κ2) is 8.15. The first-order valence-electron chi connectivity index (χ1n) is 9.62. The number of anilines is 3. The SMILES string of the molecule is O=C(Cc1ccc2c(c1)OCO2)Nc1ccc(Nc2ccc(-n3cccn3)nn2)cc1. The highest BCUT2D eigenvalue weighted by Crippen LogP contribution is 2.32. The summed E-state index contributed by atoms with van der Waals surface area (Å²) >= 11 is 0. The lowest BCUT2D eigenvalue weighted by atomic mass is 10.1. The van der Waals surface area contributed by atoms with Gasteiger partial charge in [-0.05, 0) is 60.2 Å². The van der Waals surface area contributed by atoms with Gasteiger partial charge in [-0.3, -0.25) is 4.79 Å². The van der Waals surface area contributed by atoms with Gasteiger partial charge in [0.2, 0.25) is 12.7 Å². The summed E-state index contributed by atoms with van der Waals surface area (Å²) in [5.74, 6) is 2.50. The highest BCUT2D eigenvalue weighted by Gasteiger charge is 2.14. The van der Waals surface area contributed by atoms with Gasteiger partial charge in [0, 0.05) is 23.8 Å². The van der Waals surface area contributed by atoms with Crippen LogP contribution in [0.25, 0.3) is 5.82 Å². The fourth-order valence-electron chi connectivity index (χ4n) is 3.14. The molecule has 2 N–H and O–H groups in total. The molecule has 9 nitrogen and oxygen atoms in total. The highest BCUT2D eigenvalue weighted by atomic mass is 16.7. The van der Waals surface area contributed by atoms with Crippen LogP contribution < -0.4 is 20.1 Å². The summed E-state index contributed by atoms with van der Waals surface area (Å²) in [5.41, 5.74) is 2.39. The Kier molecular flexibility index (Phi) is 4.89. The molecule has 0 saturated heterocycles. The Bertz CT molecular complexity index is 1190. The number of aromatic nitrogens is 4. The molecule has 2 aromatic carbocycles. The van der Waals surface area contributed by atoms with Crippen LogP contribution in [-0.4, -0.2) is 32.7 Å². The molecule has 0 radical (unpaired) electrons. The van der Waals surface area contributed by atoms with E-state index in [1.54, 1.807) is 17.1 Å². The van der Waals surface area contributed by atoms with Crippen LogP contribution in [0.3, 0.4) is 0 Å². The van der Waals surface area contributed by atoms with Crippen LogP contribution in [0.5, 0.6) is 11.5 Å². The minimum atomic E-state index is -0.111. The molecule has 4 aromatic rings. The van der Waals surface area contributed by atoms with Crippen LogP contribution in [-0.2, 0) is 11.2 Å². The lowest BCUT2D eigenvalue weighted by Gasteiger charge is -2.09. The smallest absolute Gasteiger partial charge is 0.231 e. The molecule has 1 aliphatic heterocycles. The molecule has 0 aliphatic carbocycles. The Morgan fingerprint density at radius 3 is 2.58 bits per heavy atom. The molecule has 9 heteroatoms. The summed E-state index contributed by atoms with van der Waals surface area (Å²) in [5, 5.41) is 18.5. The van der Waals surface area contributed by atoms with E-state index in [1.807, 2.05) is 60.7 Å². The quantitative estimate of drug-likeness (QED) is 0.499. The first kappa shape index (κ1) is 18.6. The van der Waals surface area contributed by atoms with Crippen molar-refractivity contribution in [2.24, 2.45) is 0 Å². The maximum absolute atomic E-state index is 12.4. The molecule has 0 unspecified atom stereocenters. The zero-order valence-corrected chi connectivity index (χ0v) is 16.4. The summed E-state index contributed by atoms with van der Waals surface area (Å²) in [4.78, 5) is 12.4. The number of benzene rings is 2. The molecule has 0 saturated carbocycles. The number of carbonyl (C=O) groups is 1. The summed E-state index contributed by atoms with van der Waals surface area (Å²) in [6, 6.07) is 18.3. The van der Waals surface area contributed by atoms with Crippen molar-refractivity contribution in [1.82, 2.24) is 20.0 Å². The number of hydrogen-bond acceptors (Lipinski definition) is 7. The van der Waals surface area contributed by atoms with Crippen LogP contribution in [0.1, 0.15) is 5.56 Å². The molecule has 3 heterocycles. The molecular formula is C22H18N6O3. The average molecular weight is 414 g/mol. The predicted octanol–water partition coefficient (Wildman–Crippen LogP) is 3.32. The molecule has 154 valence electrons. The van der Waals surface area contributed by atoms with E-state index in [1.165, 1.54) is 0 Å². The number of rotatable bonds is 6. The Hall–Kier alpha value is -4.40. The van der Waals surface area contributed by atoms with Crippen molar-refractivity contribution in [3.8, 4) is 17.3 Å². The van der Waals surface area contributed by atoms with Crippen molar-refractivity contribution >= 4 is 23.1 Å². The Balaban J connectivity index is 1.17. The van der Waals surface area contributed by atoms with Crippen molar-refractivity contribution in [2.75, 3.05) is 17.4 Å². The van der Waals surface area contributed by atoms with E-state index in [2.05, 4.69) is 25.9 Å². The zero-order valence-electron chi connectivity index (χ0n) is 16.4. The standard InChI is InChI=1S/C22H18N6O3/c29-22(13-15-2-7-18-19(12-15)31-14-30-18)25-17-5-3-16(4-6-17)24-20-8-9-21(27-26-20)28-11-1-10-23-28/h1-12H,13-14H2,(H,24,26)(H,25,29). The van der Waals surface area contributed by atoms with E-state index in [0.29, 0.717) is 28.8 Å². The first-order valence-corrected chi connectivity index (χ1v) is 9.62. The monoisotopic (exact) mass is 414 g/mol. The van der Waals surface area contributed by atoms with Crippen LogP contribution in [0, 0.1) is 0 Å². The Morgan fingerprint density at radius 2 is 1.81 bits per heavy atom. The summed E-state index contributed by atoms with van der Waals surface area (Å²) < 4.78 is 12.3. The third kappa shape index (κ3) is 4.30. The summed E-state index contributed by atoms with van der Waals surface area (Å²) in [7, 11) is 0. The number of amides is 1. The first-order chi connectivity index (χ1) is 15.2. The van der Waals surface area contributed by atoms with Gasteiger partial charge in [0.1, 0.15) is 0 Å². The lowest BCUT2D eigenvalue weighted by molar-refractivity contribution is -0.115. The van der Waals surface area contributed by atoms with Gasteiger partial charge in [-0.1, -0.05) is 6.07 Å². The molecular weight excluding hydrogens is 396 g/mol. The zero-order chi connectivity index (χ0) is 21.0. The third-order valence-electron chi connectivity index (χ3n) is 4.63. The van der Waals surface area contributed by atoms with Gasteiger partial charge in [-0.15, -0.1) is 10.2 Å². The van der Waals surface area contributed by atoms with E-state index >= 15 is 0 Å². The number of nitrogens with zero attached hydrogens (tertiary/aromatic N) is 4. The molecule has 0 spiro atoms. The number of ether oxygens (including phenoxy) is 2. The molecule has 0 fully saturated rings. The topological polar surface area (TPSA) is 103 Å². The molecule has 31 heavy (non-hydrogen) atoms. The van der Waals surface area contributed by atoms with E-state index in [-0.39, 0.29) is 19.1 Å². The van der Waals surface area contributed by atoms with Crippen LogP contribution >= 0.6 is 0 Å². The molecule has 5 rings (SSSR count). The van der Waals surface area contributed by atoms with Gasteiger partial charge in [0.05, 0.1) is 6.42 Å². The van der Waals surface area contributed by atoms with Gasteiger partial charge in [0.15, 0.2) is 23.1 Å². The van der Waals surface area contributed by atoms with Crippen molar-refractivity contribution in [2.45, 2.75) is 6.42 Å². The largest absolute Gasteiger partial charge is 0.454 e. The molecule has 1 aliphatic rings. The van der Waals surface area contributed by atoms with Crippen molar-refractivity contribution in [3.05, 3.63) is 78.6 Å². The number of fused-ring (bicyclic) bond motifs is 1. The fraction of sp³-hybridized carbons (Fsp3) is 0.0909. The van der Waals surface area contributed by atoms with E-state index < -0.39 is 0 Å². The molecule has 0 bridgehead atoms. The fourth-order valence-corrected chi connectivity index (χ4v) is 3.14. The van der Waals surface area contributed by atoms with Crippen molar-refractivity contribution < 1.29 is 14.3 Å². The molecule has 0 atom stereocenters. The van der Waals surface area contributed by atoms with E-state index in [0.717, 1.165) is 11.3 Å². The molecule has 1 amide bonds. The maximum atomic E-state index is 12.4. The normalized spacial score (nSPS) is 11.9. The maximum Gasteiger partial charge on any atom is 0.231 e. The van der Waals surface area contributed by atoms with Crippen LogP contribution in [0.15, 0.2) is 73.1 Å². The average Bonchev–Trinajstić information content (AvgIpc) is 3.47. The van der Waals surface area contributed by atoms with Gasteiger partial charge in [0.25, 0.3) is 0 Å². The number of nitrogens with one attached hydrogen (secondary N) is 2. The minimum absolute atomic E-state index is 0.111. The second-order valence-electron chi connectivity index (χ2n) is 6.84. The van der Waals surface area contributed by atoms with Crippen LogP contribution in [0.4, 0.5) is 17.2 Å². The minimum Gasteiger partial charge on any atom is -0.454 e. The highest BCUT2D eigenvalue weighted by molar-refractivity contribution is 5.92. The summed E-state index contributed by atoms with van der Waals surface area (Å²) in [6.07, 6.45) is 3.73. The van der Waals surface area contributed by atoms with Gasteiger partial charge >= 0.3 is 0 Å². The van der Waals surface area contributed by atoms with Crippen molar-refractivity contribution in [3.63, 3.8) is 0 Å².